The number of carbonyl (C=O) groups excluding carboxylic acids is 1. The quantitative estimate of drug-likeness (QED) is 0.661. The molecule has 8 heteroatoms. The molecule has 0 saturated heterocycles. The van der Waals surface area contributed by atoms with E-state index in [2.05, 4.69) is 25.8 Å². The van der Waals surface area contributed by atoms with Gasteiger partial charge in [-0.25, -0.2) is 4.98 Å². The molecule has 8 nitrogen and oxygen atoms in total. The van der Waals surface area contributed by atoms with Crippen LogP contribution in [0.1, 0.15) is 17.3 Å². The lowest BCUT2D eigenvalue weighted by Crippen LogP contribution is -2.20. The molecule has 0 aliphatic carbocycles. The summed E-state index contributed by atoms with van der Waals surface area (Å²) in [5.41, 5.74) is 4.06. The van der Waals surface area contributed by atoms with Crippen LogP contribution < -0.4 is 15.4 Å². The first kappa shape index (κ1) is 18.4. The number of likely N-dealkylation sites (N-methyl/N-ethyl adjacent to an activating group) is 1. The van der Waals surface area contributed by atoms with E-state index in [0.29, 0.717) is 24.1 Å². The fourth-order valence-corrected chi connectivity index (χ4v) is 2.50. The van der Waals surface area contributed by atoms with E-state index in [4.69, 9.17) is 9.26 Å². The van der Waals surface area contributed by atoms with Crippen molar-refractivity contribution in [2.75, 3.05) is 19.5 Å². The molecule has 2 aromatic heterocycles. The Labute approximate surface area is 157 Å². The van der Waals surface area contributed by atoms with Crippen molar-refractivity contribution in [1.29, 1.82) is 0 Å². The summed E-state index contributed by atoms with van der Waals surface area (Å²) < 4.78 is 10.3. The van der Waals surface area contributed by atoms with Gasteiger partial charge in [0.25, 0.3) is 0 Å². The van der Waals surface area contributed by atoms with E-state index in [1.165, 1.54) is 0 Å². The monoisotopic (exact) mass is 367 g/mol. The van der Waals surface area contributed by atoms with E-state index in [9.17, 15) is 4.79 Å². The molecule has 0 unspecified atom stereocenters. The van der Waals surface area contributed by atoms with Gasteiger partial charge in [-0.2, -0.15) is 4.98 Å². The van der Waals surface area contributed by atoms with Crippen LogP contribution in [0, 0.1) is 6.92 Å². The van der Waals surface area contributed by atoms with Crippen LogP contribution in [-0.4, -0.2) is 35.2 Å². The summed E-state index contributed by atoms with van der Waals surface area (Å²) in [7, 11) is 3.16. The van der Waals surface area contributed by atoms with Crippen LogP contribution in [0.2, 0.25) is 0 Å². The number of pyridine rings is 1. The molecular formula is C19H21N5O3. The van der Waals surface area contributed by atoms with E-state index in [0.717, 1.165) is 22.4 Å². The minimum absolute atomic E-state index is 0.0962. The fourth-order valence-electron chi connectivity index (χ4n) is 2.50. The average Bonchev–Trinajstić information content (AvgIpc) is 3.14. The molecule has 0 bridgehead atoms. The summed E-state index contributed by atoms with van der Waals surface area (Å²) in [6, 6.07) is 9.91. The normalized spacial score (nSPS) is 10.5. The third kappa shape index (κ3) is 4.60. The third-order valence-corrected chi connectivity index (χ3v) is 4.05. The number of carbonyl (C=O) groups is 1. The van der Waals surface area contributed by atoms with Gasteiger partial charge in [0.1, 0.15) is 0 Å². The highest BCUT2D eigenvalue weighted by molar-refractivity contribution is 5.77. The van der Waals surface area contributed by atoms with Crippen LogP contribution in [0.5, 0.6) is 5.88 Å². The van der Waals surface area contributed by atoms with Crippen molar-refractivity contribution >= 4 is 11.6 Å². The molecule has 27 heavy (non-hydrogen) atoms. The highest BCUT2D eigenvalue weighted by Gasteiger charge is 2.10. The number of aryl methyl sites for hydroxylation is 1. The molecule has 1 amide bonds. The number of nitrogens with zero attached hydrogens (tertiary/aromatic N) is 3. The number of amides is 1. The van der Waals surface area contributed by atoms with Crippen LogP contribution in [0.3, 0.4) is 0 Å². The average molecular weight is 367 g/mol. The zero-order valence-corrected chi connectivity index (χ0v) is 15.4. The Morgan fingerprint density at radius 1 is 1.22 bits per heavy atom. The van der Waals surface area contributed by atoms with Crippen molar-refractivity contribution in [2.24, 2.45) is 0 Å². The maximum absolute atomic E-state index is 11.4. The largest absolute Gasteiger partial charge is 0.481 e. The summed E-state index contributed by atoms with van der Waals surface area (Å²) in [6.45, 7) is 2.38. The highest BCUT2D eigenvalue weighted by atomic mass is 16.5. The number of rotatable bonds is 7. The fraction of sp³-hybridized carbons (Fsp3) is 0.263. The Kier molecular flexibility index (Phi) is 5.65. The summed E-state index contributed by atoms with van der Waals surface area (Å²) in [5.74, 6) is 1.20. The van der Waals surface area contributed by atoms with Crippen molar-refractivity contribution in [3.05, 3.63) is 53.8 Å². The van der Waals surface area contributed by atoms with E-state index in [1.54, 1.807) is 20.4 Å². The second-order valence-corrected chi connectivity index (χ2v) is 5.93. The molecule has 0 radical (unpaired) electrons. The van der Waals surface area contributed by atoms with Crippen molar-refractivity contribution in [3.63, 3.8) is 0 Å². The van der Waals surface area contributed by atoms with Crippen LogP contribution >= 0.6 is 0 Å². The smallest absolute Gasteiger partial charge is 0.245 e. The van der Waals surface area contributed by atoms with Gasteiger partial charge in [-0.05, 0) is 30.2 Å². The lowest BCUT2D eigenvalue weighted by atomic mass is 10.0. The van der Waals surface area contributed by atoms with Gasteiger partial charge in [-0.1, -0.05) is 17.3 Å². The SMILES string of the molecule is CNC(=O)Cc1noc(CNc2cc(-c3ccc(OC)nc3)ccc2C)n1. The lowest BCUT2D eigenvalue weighted by molar-refractivity contribution is -0.120. The first-order chi connectivity index (χ1) is 13.1. The highest BCUT2D eigenvalue weighted by Crippen LogP contribution is 2.26. The van der Waals surface area contributed by atoms with Gasteiger partial charge < -0.3 is 19.9 Å². The third-order valence-electron chi connectivity index (χ3n) is 4.05. The minimum atomic E-state index is -0.160. The number of anilines is 1. The molecule has 0 aliphatic rings. The van der Waals surface area contributed by atoms with Crippen LogP contribution in [0.4, 0.5) is 5.69 Å². The second-order valence-electron chi connectivity index (χ2n) is 5.93. The first-order valence-corrected chi connectivity index (χ1v) is 8.46. The van der Waals surface area contributed by atoms with Gasteiger partial charge in [0.05, 0.1) is 20.1 Å². The zero-order valence-electron chi connectivity index (χ0n) is 15.4. The zero-order chi connectivity index (χ0) is 19.2. The van der Waals surface area contributed by atoms with Crippen LogP contribution in [0.25, 0.3) is 11.1 Å². The Morgan fingerprint density at radius 2 is 2.04 bits per heavy atom. The molecule has 3 aromatic rings. The van der Waals surface area contributed by atoms with E-state index in [-0.39, 0.29) is 12.3 Å². The number of hydrogen-bond donors (Lipinski definition) is 2. The number of ether oxygens (including phenoxy) is 1. The minimum Gasteiger partial charge on any atom is -0.481 e. The van der Waals surface area contributed by atoms with Gasteiger partial charge >= 0.3 is 0 Å². The molecule has 1 aromatic carbocycles. The Morgan fingerprint density at radius 3 is 2.74 bits per heavy atom. The Bertz CT molecular complexity index is 921. The number of benzene rings is 1. The number of methoxy groups -OCH3 is 1. The Hall–Kier alpha value is -3.42. The molecule has 0 aliphatic heterocycles. The number of aromatic nitrogens is 3. The van der Waals surface area contributed by atoms with Gasteiger partial charge in [0.2, 0.25) is 17.7 Å². The molecule has 0 spiro atoms. The summed E-state index contributed by atoms with van der Waals surface area (Å²) in [4.78, 5) is 19.8. The summed E-state index contributed by atoms with van der Waals surface area (Å²) in [6.07, 6.45) is 1.87. The standard InChI is InChI=1S/C19H21N5O3/c1-12-4-5-13(14-6-7-18(26-3)22-10-14)8-15(12)21-11-19-23-16(24-27-19)9-17(25)20-2/h4-8,10,21H,9,11H2,1-3H3,(H,20,25). The van der Waals surface area contributed by atoms with Crippen molar-refractivity contribution in [3.8, 4) is 17.0 Å². The van der Waals surface area contributed by atoms with Gasteiger partial charge in [0.15, 0.2) is 5.82 Å². The maximum Gasteiger partial charge on any atom is 0.245 e. The number of nitrogens with one attached hydrogen (secondary N) is 2. The predicted molar refractivity (Wildman–Crippen MR) is 100 cm³/mol. The van der Waals surface area contributed by atoms with Gasteiger partial charge in [-0.3, -0.25) is 4.79 Å². The lowest BCUT2D eigenvalue weighted by Gasteiger charge is -2.10. The molecule has 0 atom stereocenters. The molecule has 140 valence electrons. The molecule has 0 saturated carbocycles. The van der Waals surface area contributed by atoms with E-state index < -0.39 is 0 Å². The number of hydrogen-bond acceptors (Lipinski definition) is 7. The van der Waals surface area contributed by atoms with Gasteiger partial charge in [-0.15, -0.1) is 0 Å². The van der Waals surface area contributed by atoms with Gasteiger partial charge in [0, 0.05) is 30.6 Å². The maximum atomic E-state index is 11.4. The molecule has 2 N–H and O–H groups in total. The summed E-state index contributed by atoms with van der Waals surface area (Å²) in [5, 5.41) is 9.64. The van der Waals surface area contributed by atoms with Crippen molar-refractivity contribution in [1.82, 2.24) is 20.4 Å². The van der Waals surface area contributed by atoms with Crippen molar-refractivity contribution < 1.29 is 14.1 Å². The molecular weight excluding hydrogens is 346 g/mol. The molecule has 3 rings (SSSR count). The Balaban J connectivity index is 1.70. The van der Waals surface area contributed by atoms with E-state index >= 15 is 0 Å². The van der Waals surface area contributed by atoms with E-state index in [1.807, 2.05) is 37.3 Å². The van der Waals surface area contributed by atoms with Crippen molar-refractivity contribution in [2.45, 2.75) is 19.9 Å². The molecule has 0 fully saturated rings. The topological polar surface area (TPSA) is 102 Å². The van der Waals surface area contributed by atoms with Crippen LogP contribution in [0.15, 0.2) is 41.1 Å². The van der Waals surface area contributed by atoms with Crippen LogP contribution in [-0.2, 0) is 17.8 Å². The predicted octanol–water partition coefficient (Wildman–Crippen LogP) is 2.35. The summed E-state index contributed by atoms with van der Waals surface area (Å²) >= 11 is 0. The molecule has 2 heterocycles. The first-order valence-electron chi connectivity index (χ1n) is 8.46. The second kappa shape index (κ2) is 8.31.